The number of esters is 1. The highest BCUT2D eigenvalue weighted by Crippen LogP contribution is 2.41. The summed E-state index contributed by atoms with van der Waals surface area (Å²) >= 11 is 0. The molecule has 0 radical (unpaired) electrons. The first-order chi connectivity index (χ1) is 14.0. The summed E-state index contributed by atoms with van der Waals surface area (Å²) in [7, 11) is 6.01. The third kappa shape index (κ3) is 3.85. The van der Waals surface area contributed by atoms with Crippen LogP contribution in [-0.4, -0.2) is 69.9 Å². The second-order valence-corrected chi connectivity index (χ2v) is 7.48. The van der Waals surface area contributed by atoms with Crippen molar-refractivity contribution in [3.05, 3.63) is 17.7 Å². The van der Waals surface area contributed by atoms with Gasteiger partial charge in [0.1, 0.15) is 5.54 Å². The highest BCUT2D eigenvalue weighted by atomic mass is 16.5. The van der Waals surface area contributed by atoms with Crippen LogP contribution in [0.4, 0.5) is 0 Å². The summed E-state index contributed by atoms with van der Waals surface area (Å²) in [6.07, 6.45) is 3.36. The zero-order chi connectivity index (χ0) is 21.0. The molecule has 0 bridgehead atoms. The second-order valence-electron chi connectivity index (χ2n) is 7.48. The van der Waals surface area contributed by atoms with Gasteiger partial charge in [0.05, 0.1) is 34.5 Å². The van der Waals surface area contributed by atoms with E-state index in [-0.39, 0.29) is 11.9 Å². The Morgan fingerprint density at radius 2 is 1.79 bits per heavy atom. The van der Waals surface area contributed by atoms with Crippen LogP contribution in [0.5, 0.6) is 17.2 Å². The lowest BCUT2D eigenvalue weighted by molar-refractivity contribution is -0.160. The van der Waals surface area contributed by atoms with E-state index in [1.165, 1.54) is 7.11 Å². The molecule has 1 amide bonds. The fourth-order valence-corrected chi connectivity index (χ4v) is 4.52. The number of hydrogen-bond acceptors (Lipinski definition) is 7. The van der Waals surface area contributed by atoms with Crippen molar-refractivity contribution in [1.82, 2.24) is 10.2 Å². The molecule has 3 rings (SSSR count). The predicted octanol–water partition coefficient (Wildman–Crippen LogP) is 1.54. The summed E-state index contributed by atoms with van der Waals surface area (Å²) in [6.45, 7) is 1.36. The molecular formula is C21H30N2O6. The normalized spacial score (nSPS) is 23.7. The fraction of sp³-hybridized carbons (Fsp3) is 0.619. The molecule has 8 heteroatoms. The van der Waals surface area contributed by atoms with Crippen LogP contribution in [0.2, 0.25) is 0 Å². The van der Waals surface area contributed by atoms with Gasteiger partial charge < -0.3 is 29.2 Å². The van der Waals surface area contributed by atoms with Crippen LogP contribution in [0.15, 0.2) is 12.1 Å². The fourth-order valence-electron chi connectivity index (χ4n) is 4.52. The van der Waals surface area contributed by atoms with Crippen LogP contribution in [0.3, 0.4) is 0 Å². The van der Waals surface area contributed by atoms with Gasteiger partial charge >= 0.3 is 5.97 Å². The summed E-state index contributed by atoms with van der Waals surface area (Å²) in [5.74, 6) is 1.08. The Bertz CT molecular complexity index is 737. The average molecular weight is 406 g/mol. The maximum Gasteiger partial charge on any atom is 0.332 e. The molecule has 160 valence electrons. The molecule has 8 nitrogen and oxygen atoms in total. The highest BCUT2D eigenvalue weighted by molar-refractivity contribution is 5.91. The smallest absolute Gasteiger partial charge is 0.332 e. The Balaban J connectivity index is 1.99. The number of nitrogens with one attached hydrogen (secondary N) is 1. The quantitative estimate of drug-likeness (QED) is 0.688. The zero-order valence-electron chi connectivity index (χ0n) is 17.6. The minimum atomic E-state index is -1.04. The summed E-state index contributed by atoms with van der Waals surface area (Å²) < 4.78 is 21.5. The van der Waals surface area contributed by atoms with Crippen LogP contribution >= 0.6 is 0 Å². The minimum Gasteiger partial charge on any atom is -0.493 e. The molecule has 0 aliphatic carbocycles. The maximum absolute atomic E-state index is 13.2. The van der Waals surface area contributed by atoms with Crippen molar-refractivity contribution in [2.24, 2.45) is 0 Å². The third-order valence-corrected chi connectivity index (χ3v) is 5.90. The van der Waals surface area contributed by atoms with E-state index in [4.69, 9.17) is 18.9 Å². The average Bonchev–Trinajstić information content (AvgIpc) is 3.42. The van der Waals surface area contributed by atoms with E-state index >= 15 is 0 Å². The summed E-state index contributed by atoms with van der Waals surface area (Å²) in [4.78, 5) is 27.9. The van der Waals surface area contributed by atoms with Gasteiger partial charge in [-0.05, 0) is 49.9 Å². The summed E-state index contributed by atoms with van der Waals surface area (Å²) in [5.41, 5.74) is -0.232. The predicted molar refractivity (Wildman–Crippen MR) is 107 cm³/mol. The van der Waals surface area contributed by atoms with E-state index in [2.05, 4.69) is 5.32 Å². The number of ether oxygens (including phenoxy) is 4. The van der Waals surface area contributed by atoms with Crippen molar-refractivity contribution in [3.63, 3.8) is 0 Å². The Hall–Kier alpha value is -2.48. The van der Waals surface area contributed by atoms with Crippen molar-refractivity contribution in [2.45, 2.75) is 43.7 Å². The van der Waals surface area contributed by atoms with E-state index < -0.39 is 11.5 Å². The van der Waals surface area contributed by atoms with Gasteiger partial charge in [0.25, 0.3) is 0 Å². The maximum atomic E-state index is 13.2. The van der Waals surface area contributed by atoms with Crippen LogP contribution in [0.1, 0.15) is 31.2 Å². The second kappa shape index (κ2) is 8.90. The lowest BCUT2D eigenvalue weighted by Crippen LogP contribution is -2.58. The zero-order valence-corrected chi connectivity index (χ0v) is 17.6. The van der Waals surface area contributed by atoms with Gasteiger partial charge in [-0.2, -0.15) is 0 Å². The van der Waals surface area contributed by atoms with Crippen molar-refractivity contribution in [3.8, 4) is 17.2 Å². The number of methoxy groups -OCH3 is 4. The number of nitrogens with zero attached hydrogens (tertiary/aromatic N) is 1. The minimum absolute atomic E-state index is 0.0298. The van der Waals surface area contributed by atoms with Crippen molar-refractivity contribution >= 4 is 11.9 Å². The molecule has 2 aliphatic rings. The van der Waals surface area contributed by atoms with E-state index in [1.807, 2.05) is 12.1 Å². The third-order valence-electron chi connectivity index (χ3n) is 5.90. The molecule has 1 aromatic carbocycles. The molecule has 0 saturated carbocycles. The van der Waals surface area contributed by atoms with Gasteiger partial charge in [-0.3, -0.25) is 4.79 Å². The van der Waals surface area contributed by atoms with Gasteiger partial charge in [0, 0.05) is 13.0 Å². The van der Waals surface area contributed by atoms with Crippen LogP contribution in [0.25, 0.3) is 0 Å². The van der Waals surface area contributed by atoms with Crippen LogP contribution in [-0.2, 0) is 20.7 Å². The lowest BCUT2D eigenvalue weighted by Gasteiger charge is -2.37. The topological polar surface area (TPSA) is 86.3 Å². The molecule has 2 heterocycles. The number of benzene rings is 1. The molecule has 1 aromatic rings. The van der Waals surface area contributed by atoms with Crippen molar-refractivity contribution in [2.75, 3.05) is 41.5 Å². The number of likely N-dealkylation sites (tertiary alicyclic amines) is 1. The van der Waals surface area contributed by atoms with Crippen molar-refractivity contribution in [1.29, 1.82) is 0 Å². The SMILES string of the molecule is COC(=O)C1(Cc2cc(OC)c(OC)c(OC)c2)CCCN1C(=O)[C@@H]1CCCN1. The Kier molecular flexibility index (Phi) is 6.52. The molecule has 1 N–H and O–H groups in total. The lowest BCUT2D eigenvalue weighted by atomic mass is 9.87. The number of hydrogen-bond donors (Lipinski definition) is 1. The number of carbonyl (C=O) groups is 2. The standard InChI is InChI=1S/C21H30N2O6/c1-26-16-11-14(12-17(27-2)18(16)28-3)13-21(20(25)29-4)8-6-10-23(21)19(24)15-7-5-9-22-15/h11-12,15,22H,5-10,13H2,1-4H3/t15-,21?/m0/s1. The van der Waals surface area contributed by atoms with Gasteiger partial charge in [0.15, 0.2) is 11.5 Å². The van der Waals surface area contributed by atoms with Gasteiger partial charge in [-0.1, -0.05) is 0 Å². The van der Waals surface area contributed by atoms with Gasteiger partial charge in [0.2, 0.25) is 11.7 Å². The molecule has 2 saturated heterocycles. The summed E-state index contributed by atoms with van der Waals surface area (Å²) in [5, 5.41) is 3.24. The van der Waals surface area contributed by atoms with E-state index in [0.29, 0.717) is 36.6 Å². The molecular weight excluding hydrogens is 376 g/mol. The van der Waals surface area contributed by atoms with Crippen LogP contribution in [0, 0.1) is 0 Å². The molecule has 2 aliphatic heterocycles. The molecule has 0 spiro atoms. The molecule has 1 unspecified atom stereocenters. The number of rotatable bonds is 7. The van der Waals surface area contributed by atoms with Crippen molar-refractivity contribution < 1.29 is 28.5 Å². The molecule has 2 atom stereocenters. The first-order valence-electron chi connectivity index (χ1n) is 9.93. The monoisotopic (exact) mass is 406 g/mol. The molecule has 0 aromatic heterocycles. The molecule has 29 heavy (non-hydrogen) atoms. The van der Waals surface area contributed by atoms with Gasteiger partial charge in [-0.25, -0.2) is 4.79 Å². The number of carbonyl (C=O) groups excluding carboxylic acids is 2. The van der Waals surface area contributed by atoms with E-state index in [0.717, 1.165) is 31.4 Å². The largest absolute Gasteiger partial charge is 0.493 e. The summed E-state index contributed by atoms with van der Waals surface area (Å²) in [6, 6.07) is 3.40. The van der Waals surface area contributed by atoms with Gasteiger partial charge in [-0.15, -0.1) is 0 Å². The first-order valence-corrected chi connectivity index (χ1v) is 9.93. The Morgan fingerprint density at radius 3 is 2.31 bits per heavy atom. The highest BCUT2D eigenvalue weighted by Gasteiger charge is 2.52. The Morgan fingerprint density at radius 1 is 1.10 bits per heavy atom. The number of amides is 1. The first kappa shape index (κ1) is 21.2. The Labute approximate surface area is 171 Å². The van der Waals surface area contributed by atoms with E-state index in [9.17, 15) is 9.59 Å². The molecule has 2 fully saturated rings. The van der Waals surface area contributed by atoms with E-state index in [1.54, 1.807) is 26.2 Å². The van der Waals surface area contributed by atoms with Crippen LogP contribution < -0.4 is 19.5 Å².